The minimum atomic E-state index is -3.70. The van der Waals surface area contributed by atoms with E-state index < -0.39 is 9.84 Å². The first-order valence-electron chi connectivity index (χ1n) is 8.84. The summed E-state index contributed by atoms with van der Waals surface area (Å²) in [5.74, 6) is 0.818. The van der Waals surface area contributed by atoms with Crippen molar-refractivity contribution in [2.75, 3.05) is 5.32 Å². The highest BCUT2D eigenvalue weighted by Crippen LogP contribution is 2.26. The van der Waals surface area contributed by atoms with E-state index in [9.17, 15) is 8.42 Å². The number of nitrogens with zero attached hydrogens (tertiary/aromatic N) is 2. The standard InChI is InChI=1S/C21H17ClN4O2S/c22-19-13-18(29(27,28)17-9-5-2-6-10-17)14-20(23-19)24-21-12-16(25-26-21)11-15-7-3-1-4-8-15/h1-10,12-14H,11H2,(H2,23,24,25,26). The number of aromatic amines is 1. The van der Waals surface area contributed by atoms with E-state index in [0.29, 0.717) is 18.1 Å². The largest absolute Gasteiger partial charge is 0.323 e. The molecule has 2 aromatic heterocycles. The van der Waals surface area contributed by atoms with Crippen LogP contribution in [-0.2, 0) is 16.3 Å². The highest BCUT2D eigenvalue weighted by Gasteiger charge is 2.19. The molecule has 0 fully saturated rings. The van der Waals surface area contributed by atoms with Crippen LogP contribution >= 0.6 is 11.6 Å². The Morgan fingerprint density at radius 1 is 0.862 bits per heavy atom. The second-order valence-corrected chi connectivity index (χ2v) is 8.73. The van der Waals surface area contributed by atoms with E-state index in [1.165, 1.54) is 12.1 Å². The number of benzene rings is 2. The number of pyridine rings is 1. The number of H-pyrrole nitrogens is 1. The van der Waals surface area contributed by atoms with Gasteiger partial charge >= 0.3 is 0 Å². The molecule has 0 bridgehead atoms. The summed E-state index contributed by atoms with van der Waals surface area (Å²) < 4.78 is 25.7. The van der Waals surface area contributed by atoms with Gasteiger partial charge in [-0.1, -0.05) is 60.1 Å². The predicted octanol–water partition coefficient (Wildman–Crippen LogP) is 4.63. The Morgan fingerprint density at radius 2 is 1.55 bits per heavy atom. The number of halogens is 1. The van der Waals surface area contributed by atoms with Crippen LogP contribution in [-0.4, -0.2) is 23.6 Å². The van der Waals surface area contributed by atoms with E-state index in [0.717, 1.165) is 11.3 Å². The molecule has 29 heavy (non-hydrogen) atoms. The van der Waals surface area contributed by atoms with E-state index >= 15 is 0 Å². The topological polar surface area (TPSA) is 87.7 Å². The Bertz CT molecular complexity index is 1230. The van der Waals surface area contributed by atoms with Gasteiger partial charge in [0.2, 0.25) is 9.84 Å². The monoisotopic (exact) mass is 424 g/mol. The Balaban J connectivity index is 1.58. The molecule has 2 N–H and O–H groups in total. The van der Waals surface area contributed by atoms with Crippen LogP contribution in [0.5, 0.6) is 0 Å². The Hall–Kier alpha value is -3.16. The van der Waals surface area contributed by atoms with Crippen LogP contribution < -0.4 is 5.32 Å². The summed E-state index contributed by atoms with van der Waals surface area (Å²) in [6, 6.07) is 22.8. The van der Waals surface area contributed by atoms with Gasteiger partial charge in [0.05, 0.1) is 9.79 Å². The van der Waals surface area contributed by atoms with Crippen molar-refractivity contribution in [2.24, 2.45) is 0 Å². The van der Waals surface area contributed by atoms with Gasteiger partial charge in [0.25, 0.3) is 0 Å². The molecule has 0 aliphatic heterocycles. The normalized spacial score (nSPS) is 11.3. The minimum Gasteiger partial charge on any atom is -0.323 e. The van der Waals surface area contributed by atoms with Crippen molar-refractivity contribution < 1.29 is 8.42 Å². The van der Waals surface area contributed by atoms with Crippen LogP contribution in [0, 0.1) is 0 Å². The third kappa shape index (κ3) is 4.47. The van der Waals surface area contributed by atoms with Gasteiger partial charge in [-0.15, -0.1) is 0 Å². The third-order valence-corrected chi connectivity index (χ3v) is 6.20. The maximum atomic E-state index is 12.9. The van der Waals surface area contributed by atoms with Crippen molar-refractivity contribution in [3.8, 4) is 0 Å². The van der Waals surface area contributed by atoms with Crippen molar-refractivity contribution in [2.45, 2.75) is 16.2 Å². The van der Waals surface area contributed by atoms with Crippen LogP contribution in [0.25, 0.3) is 0 Å². The number of nitrogens with one attached hydrogen (secondary N) is 2. The molecule has 2 heterocycles. The van der Waals surface area contributed by atoms with Crippen LogP contribution in [0.1, 0.15) is 11.3 Å². The molecule has 2 aromatic carbocycles. The minimum absolute atomic E-state index is 0.0613. The fourth-order valence-electron chi connectivity index (χ4n) is 2.89. The smallest absolute Gasteiger partial charge is 0.206 e. The Labute approximate surface area is 173 Å². The van der Waals surface area contributed by atoms with Crippen LogP contribution in [0.3, 0.4) is 0 Å². The molecule has 4 rings (SSSR count). The number of hydrogen-bond acceptors (Lipinski definition) is 5. The van der Waals surface area contributed by atoms with Crippen molar-refractivity contribution in [1.29, 1.82) is 0 Å². The van der Waals surface area contributed by atoms with Gasteiger partial charge in [-0.05, 0) is 29.8 Å². The second kappa shape index (κ2) is 8.06. The lowest BCUT2D eigenvalue weighted by Gasteiger charge is -2.08. The number of sulfone groups is 1. The molecule has 0 spiro atoms. The maximum absolute atomic E-state index is 12.9. The zero-order valence-electron chi connectivity index (χ0n) is 15.2. The number of rotatable bonds is 6. The fourth-order valence-corrected chi connectivity index (χ4v) is 4.49. The molecule has 0 amide bonds. The average molecular weight is 425 g/mol. The SMILES string of the molecule is O=S(=O)(c1ccccc1)c1cc(Cl)nc(Nc2cc(Cc3ccccc3)[nH]n2)c1. The van der Waals surface area contributed by atoms with Crippen molar-refractivity contribution in [3.63, 3.8) is 0 Å². The predicted molar refractivity (Wildman–Crippen MR) is 112 cm³/mol. The van der Waals surface area contributed by atoms with Crippen molar-refractivity contribution in [3.05, 3.63) is 95.3 Å². The van der Waals surface area contributed by atoms with Gasteiger partial charge < -0.3 is 5.32 Å². The second-order valence-electron chi connectivity index (χ2n) is 6.39. The summed E-state index contributed by atoms with van der Waals surface area (Å²) in [4.78, 5) is 4.42. The van der Waals surface area contributed by atoms with Crippen LogP contribution in [0.4, 0.5) is 11.6 Å². The first-order chi connectivity index (χ1) is 14.0. The average Bonchev–Trinajstić information content (AvgIpc) is 3.15. The van der Waals surface area contributed by atoms with Gasteiger partial charge in [0.15, 0.2) is 5.82 Å². The fraction of sp³-hybridized carbons (Fsp3) is 0.0476. The summed E-state index contributed by atoms with van der Waals surface area (Å²) >= 11 is 6.08. The number of hydrogen-bond donors (Lipinski definition) is 2. The van der Waals surface area contributed by atoms with Gasteiger partial charge in [-0.25, -0.2) is 13.4 Å². The molecule has 4 aromatic rings. The maximum Gasteiger partial charge on any atom is 0.206 e. The molecular weight excluding hydrogens is 408 g/mol. The molecule has 0 saturated heterocycles. The first kappa shape index (κ1) is 19.2. The first-order valence-corrected chi connectivity index (χ1v) is 10.7. The van der Waals surface area contributed by atoms with Crippen LogP contribution in [0.2, 0.25) is 5.15 Å². The number of aromatic nitrogens is 3. The quantitative estimate of drug-likeness (QED) is 0.441. The summed E-state index contributed by atoms with van der Waals surface area (Å²) in [5, 5.41) is 10.3. The zero-order valence-corrected chi connectivity index (χ0v) is 16.8. The molecule has 0 atom stereocenters. The molecule has 146 valence electrons. The van der Waals surface area contributed by atoms with E-state index in [1.54, 1.807) is 30.3 Å². The van der Waals surface area contributed by atoms with E-state index in [-0.39, 0.29) is 14.9 Å². The summed E-state index contributed by atoms with van der Waals surface area (Å²) in [6.45, 7) is 0. The van der Waals surface area contributed by atoms with Crippen molar-refractivity contribution >= 4 is 33.1 Å². The Kier molecular flexibility index (Phi) is 5.33. The lowest BCUT2D eigenvalue weighted by atomic mass is 10.1. The van der Waals surface area contributed by atoms with E-state index in [2.05, 4.69) is 20.5 Å². The van der Waals surface area contributed by atoms with Gasteiger partial charge in [-0.3, -0.25) is 5.10 Å². The lowest BCUT2D eigenvalue weighted by molar-refractivity contribution is 0.596. The van der Waals surface area contributed by atoms with Gasteiger partial charge in [-0.2, -0.15) is 5.10 Å². The molecule has 0 radical (unpaired) electrons. The molecule has 0 unspecified atom stereocenters. The van der Waals surface area contributed by atoms with Crippen molar-refractivity contribution in [1.82, 2.24) is 15.2 Å². The lowest BCUT2D eigenvalue weighted by Crippen LogP contribution is -2.04. The molecule has 0 aliphatic rings. The molecule has 6 nitrogen and oxygen atoms in total. The van der Waals surface area contributed by atoms with E-state index in [4.69, 9.17) is 11.6 Å². The van der Waals surface area contributed by atoms with Crippen LogP contribution in [0.15, 0.2) is 88.7 Å². The zero-order chi connectivity index (χ0) is 20.3. The van der Waals surface area contributed by atoms with Gasteiger partial charge in [0.1, 0.15) is 11.0 Å². The summed E-state index contributed by atoms with van der Waals surface area (Å²) in [7, 11) is -3.70. The highest BCUT2D eigenvalue weighted by atomic mass is 35.5. The molecular formula is C21H17ClN4O2S. The Morgan fingerprint density at radius 3 is 2.28 bits per heavy atom. The molecule has 8 heteroatoms. The number of anilines is 2. The highest BCUT2D eigenvalue weighted by molar-refractivity contribution is 7.91. The summed E-state index contributed by atoms with van der Waals surface area (Å²) in [5.41, 5.74) is 2.07. The molecule has 0 saturated carbocycles. The van der Waals surface area contributed by atoms with Gasteiger partial charge in [0, 0.05) is 18.2 Å². The third-order valence-electron chi connectivity index (χ3n) is 4.26. The molecule has 0 aliphatic carbocycles. The summed E-state index contributed by atoms with van der Waals surface area (Å²) in [6.07, 6.45) is 0.701. The van der Waals surface area contributed by atoms with E-state index in [1.807, 2.05) is 36.4 Å².